The van der Waals surface area contributed by atoms with E-state index in [1.807, 2.05) is 78.9 Å². The number of carbonyl (C=O) groups excluding carboxylic acids is 4. The minimum absolute atomic E-state index is 0.0193. The fourth-order valence-corrected chi connectivity index (χ4v) is 20.7. The number of nitrogens with one attached hydrogen (secondary N) is 2. The van der Waals surface area contributed by atoms with Crippen LogP contribution in [-0.2, 0) is 58.0 Å². The van der Waals surface area contributed by atoms with E-state index in [2.05, 4.69) is 51.8 Å². The minimum Gasteiger partial charge on any atom is -0.497 e. The summed E-state index contributed by atoms with van der Waals surface area (Å²) in [6, 6.07) is 24.1. The van der Waals surface area contributed by atoms with Gasteiger partial charge in [-0.05, 0) is 83.8 Å². The number of esters is 2. The van der Waals surface area contributed by atoms with Crippen LogP contribution < -0.4 is 26.0 Å². The summed E-state index contributed by atoms with van der Waals surface area (Å²) in [6.07, 6.45) is 3.09. The van der Waals surface area contributed by atoms with Gasteiger partial charge in [0.2, 0.25) is 11.8 Å². The number of morpholine rings is 1. The summed E-state index contributed by atoms with van der Waals surface area (Å²) in [6.45, 7) is 18.1. The van der Waals surface area contributed by atoms with Crippen molar-refractivity contribution in [2.24, 2.45) is 0 Å². The molecule has 2 fully saturated rings. The maximum atomic E-state index is 15.0. The van der Waals surface area contributed by atoms with Crippen LogP contribution in [0, 0.1) is 6.92 Å². The third-order valence-corrected chi connectivity index (χ3v) is 25.2. The molecule has 89 heavy (non-hydrogen) atoms. The Morgan fingerprint density at radius 2 is 1.25 bits per heavy atom. The van der Waals surface area contributed by atoms with Crippen LogP contribution in [0.4, 0.5) is 0 Å². The summed E-state index contributed by atoms with van der Waals surface area (Å²) in [5.74, 6) is -1.84. The number of unbranched alkanes of at least 4 members (excludes halogenated alkanes) is 8. The number of hydrogen-bond acceptors (Lipinski definition) is 16. The number of ether oxygens (including phenoxy) is 8. The number of hydrogen-bond donors (Lipinski definition) is 4. The lowest BCUT2D eigenvalue weighted by atomic mass is 9.79. The third kappa shape index (κ3) is 17.6. The van der Waals surface area contributed by atoms with Gasteiger partial charge in [-0.15, -0.1) is 0 Å². The summed E-state index contributed by atoms with van der Waals surface area (Å²) in [5.41, 5.74) is -2.80. The zero-order valence-corrected chi connectivity index (χ0v) is 55.1. The molecule has 4 N–H and O–H groups in total. The van der Waals surface area contributed by atoms with Crippen molar-refractivity contribution in [2.75, 3.05) is 40.5 Å². The molecule has 3 heterocycles. The molecule has 0 radical (unpaired) electrons. The van der Waals surface area contributed by atoms with Crippen molar-refractivity contribution in [3.63, 3.8) is 0 Å². The highest BCUT2D eigenvalue weighted by Crippen LogP contribution is 2.51. The van der Waals surface area contributed by atoms with Gasteiger partial charge in [0.05, 0.1) is 47.7 Å². The van der Waals surface area contributed by atoms with Crippen LogP contribution >= 0.6 is 0 Å². The lowest BCUT2D eigenvalue weighted by Gasteiger charge is -2.57. The number of aryl methyl sites for hydroxylation is 1. The highest BCUT2D eigenvalue weighted by Gasteiger charge is 2.61. The second-order valence-corrected chi connectivity index (χ2v) is 30.7. The number of H-pyrrole nitrogens is 1. The number of nitrogens with zero attached hydrogens (tertiary/aromatic N) is 2. The van der Waals surface area contributed by atoms with Gasteiger partial charge in [-0.2, -0.15) is 0 Å². The van der Waals surface area contributed by atoms with Crippen LogP contribution in [0.2, 0.25) is 16.6 Å². The molecule has 8 atom stereocenters. The summed E-state index contributed by atoms with van der Waals surface area (Å²) in [7, 11) is 0.213. The molecule has 22 heteroatoms. The standard InChI is InChI=1S/C67H96N4O17Si/c1-43(2)89(44(3)4,45(5)6)64(79)66(42-84-67(50-25-21-20-22-26-50,51-28-32-53(81-11)33-29-51)52-30-34-54(82-12)35-31-52)41-70(40-57(88-66)71-39-46(7)62(78)69-65(71)80)56(75)27-23-18-16-14-13-15-17-19-24-38-83-63-59(68-47(8)72)61(86-49(10)74)60(85-48(9)73)55(87-63)36-37-58(76)77/h20-22,25-26,28-35,39,43-45,55,57,59-61,63-64,79H,13-19,23-24,27,36-38,40-42H2,1-12H3,(H,68,72)(H,76,77)(H,69,78,80)/t55-,57-,59-,60-,61-,63-,64?,66+/m1/s1. The Bertz CT molecular complexity index is 2990. The molecule has 1 aromatic heterocycles. The van der Waals surface area contributed by atoms with Crippen molar-refractivity contribution in [1.29, 1.82) is 0 Å². The van der Waals surface area contributed by atoms with Gasteiger partial charge in [0, 0.05) is 52.0 Å². The summed E-state index contributed by atoms with van der Waals surface area (Å²) >= 11 is 0. The average molecular weight is 1260 g/mol. The molecule has 4 aromatic rings. The van der Waals surface area contributed by atoms with Crippen molar-refractivity contribution < 1.29 is 72.1 Å². The van der Waals surface area contributed by atoms with Crippen molar-refractivity contribution in [3.05, 3.63) is 128 Å². The SMILES string of the molecule is COc1ccc(C(OC[C@]2(C(O)[Si](C(C)C)(C(C)C)C(C)C)CN(C(=O)CCCCCCCCCCCO[C@@H]3O[C@H](CCC(=O)O)[C@@H](OC(C)=O)[C@H](OC(C)=O)[C@H]3NC(C)=O)C[C@H](n3cc(C)c(=O)[nH]c3=O)O2)(c2ccccc2)c2ccc(OC)cc2)cc1. The van der Waals surface area contributed by atoms with E-state index in [1.165, 1.54) is 31.5 Å². The van der Waals surface area contributed by atoms with E-state index in [-0.39, 0.29) is 73.7 Å². The smallest absolute Gasteiger partial charge is 0.330 e. The molecule has 6 rings (SSSR count). The molecule has 490 valence electrons. The number of rotatable bonds is 33. The van der Waals surface area contributed by atoms with Gasteiger partial charge in [0.25, 0.3) is 5.56 Å². The number of carboxylic acid groups (broad SMARTS) is 1. The molecule has 1 unspecified atom stereocenters. The molecule has 2 amide bonds. The Hall–Kier alpha value is -6.69. The Balaban J connectivity index is 1.20. The number of benzene rings is 3. The number of aliphatic carboxylic acids is 1. The quantitative estimate of drug-likeness (QED) is 0.0150. The van der Waals surface area contributed by atoms with Crippen LogP contribution in [-0.4, -0.2) is 145 Å². The van der Waals surface area contributed by atoms with E-state index >= 15 is 4.79 Å². The number of amides is 2. The van der Waals surface area contributed by atoms with E-state index < -0.39 is 96.9 Å². The van der Waals surface area contributed by atoms with Gasteiger partial charge in [-0.25, -0.2) is 4.79 Å². The summed E-state index contributed by atoms with van der Waals surface area (Å²) in [4.78, 5) is 94.4. The largest absolute Gasteiger partial charge is 0.497 e. The number of aromatic amines is 1. The monoisotopic (exact) mass is 1260 g/mol. The number of aromatic nitrogens is 2. The first-order valence-electron chi connectivity index (χ1n) is 31.4. The van der Waals surface area contributed by atoms with E-state index in [1.54, 1.807) is 26.0 Å². The van der Waals surface area contributed by atoms with Gasteiger partial charge in [-0.1, -0.05) is 141 Å². The molecule has 0 saturated carbocycles. The molecule has 2 aliphatic rings. The number of methoxy groups -OCH3 is 2. The molecular weight excluding hydrogens is 1160 g/mol. The van der Waals surface area contributed by atoms with Crippen LogP contribution in [0.5, 0.6) is 11.5 Å². The zero-order chi connectivity index (χ0) is 65.2. The lowest BCUT2D eigenvalue weighted by molar-refractivity contribution is -0.273. The fraction of sp³-hybridized carbons (Fsp3) is 0.597. The molecule has 0 bridgehead atoms. The van der Waals surface area contributed by atoms with E-state index in [0.717, 1.165) is 61.6 Å². The van der Waals surface area contributed by atoms with Gasteiger partial charge < -0.3 is 58.3 Å². The van der Waals surface area contributed by atoms with Crippen LogP contribution in [0.15, 0.2) is 94.6 Å². The molecule has 2 saturated heterocycles. The second kappa shape index (κ2) is 32.9. The van der Waals surface area contributed by atoms with E-state index in [9.17, 15) is 39.0 Å². The van der Waals surface area contributed by atoms with Crippen molar-refractivity contribution in [3.8, 4) is 11.5 Å². The fourth-order valence-electron chi connectivity index (χ4n) is 13.6. The first-order chi connectivity index (χ1) is 42.3. The van der Waals surface area contributed by atoms with Gasteiger partial charge in [0.15, 0.2) is 24.7 Å². The minimum atomic E-state index is -3.00. The highest BCUT2D eigenvalue weighted by molar-refractivity contribution is 6.84. The van der Waals surface area contributed by atoms with Gasteiger partial charge >= 0.3 is 23.6 Å². The molecule has 21 nitrogen and oxygen atoms in total. The number of carboxylic acids is 1. The normalized spacial score (nSPS) is 20.9. The van der Waals surface area contributed by atoms with Crippen molar-refractivity contribution in [2.45, 2.75) is 217 Å². The Kier molecular flexibility index (Phi) is 26.4. The number of aliphatic hydroxyl groups is 1. The molecule has 2 aliphatic heterocycles. The van der Waals surface area contributed by atoms with E-state index in [0.29, 0.717) is 24.3 Å². The van der Waals surface area contributed by atoms with E-state index in [4.69, 9.17) is 37.9 Å². The number of carbonyl (C=O) groups is 5. The van der Waals surface area contributed by atoms with Crippen molar-refractivity contribution >= 4 is 37.8 Å². The molecular formula is C67H96N4O17Si. The summed E-state index contributed by atoms with van der Waals surface area (Å²) < 4.78 is 51.0. The second-order valence-electron chi connectivity index (χ2n) is 24.7. The van der Waals surface area contributed by atoms with Gasteiger partial charge in [-0.3, -0.25) is 38.3 Å². The molecule has 0 aliphatic carbocycles. The predicted octanol–water partition coefficient (Wildman–Crippen LogP) is 9.42. The average Bonchev–Trinajstić information content (AvgIpc) is 0.809. The Labute approximate surface area is 524 Å². The topological polar surface area (TPSA) is 270 Å². The molecule has 0 spiro atoms. The lowest BCUT2D eigenvalue weighted by Crippen LogP contribution is -2.72. The first-order valence-corrected chi connectivity index (χ1v) is 33.7. The predicted molar refractivity (Wildman–Crippen MR) is 337 cm³/mol. The number of aliphatic hydroxyl groups excluding tert-OH is 1. The molecule has 3 aromatic carbocycles. The van der Waals surface area contributed by atoms with Crippen LogP contribution in [0.25, 0.3) is 0 Å². The Morgan fingerprint density at radius 1 is 0.730 bits per heavy atom. The maximum Gasteiger partial charge on any atom is 0.330 e. The van der Waals surface area contributed by atoms with Crippen LogP contribution in [0.3, 0.4) is 0 Å². The van der Waals surface area contributed by atoms with Gasteiger partial charge in [0.1, 0.15) is 34.8 Å². The first kappa shape index (κ1) is 71.4. The highest BCUT2D eigenvalue weighted by atomic mass is 28.3. The van der Waals surface area contributed by atoms with Crippen molar-refractivity contribution in [1.82, 2.24) is 19.8 Å². The summed E-state index contributed by atoms with van der Waals surface area (Å²) in [5, 5.41) is 26.0. The Morgan fingerprint density at radius 3 is 1.75 bits per heavy atom. The maximum absolute atomic E-state index is 15.0. The zero-order valence-electron chi connectivity index (χ0n) is 54.1. The van der Waals surface area contributed by atoms with Crippen LogP contribution in [0.1, 0.15) is 168 Å². The third-order valence-electron chi connectivity index (χ3n) is 17.8.